The second-order valence-corrected chi connectivity index (χ2v) is 1.56. The van der Waals surface area contributed by atoms with Crippen LogP contribution in [0.2, 0.25) is 0 Å². The molecule has 0 saturated heterocycles. The zero-order valence-electron chi connectivity index (χ0n) is 5.70. The Hall–Kier alpha value is -1.72. The number of carboxylic acids is 2. The quantitative estimate of drug-likeness (QED) is 0.360. The minimum Gasteiger partial charge on any atom is -0.488 e. The molecule has 0 aliphatic carbocycles. The highest BCUT2D eigenvalue weighted by Crippen LogP contribution is 1.99. The summed E-state index contributed by atoms with van der Waals surface area (Å²) >= 11 is 0. The summed E-state index contributed by atoms with van der Waals surface area (Å²) in [5.41, 5.74) is 4.03. The highest BCUT2D eigenvalue weighted by Gasteiger charge is 2.17. The summed E-state index contributed by atoms with van der Waals surface area (Å²) in [6.45, 7) is 0. The molecule has 6 nitrogen and oxygen atoms in total. The molecule has 0 aromatic carbocycles. The van der Waals surface area contributed by atoms with E-state index in [4.69, 9.17) is 15.9 Å². The van der Waals surface area contributed by atoms with E-state index in [2.05, 4.69) is 4.74 Å². The van der Waals surface area contributed by atoms with Crippen LogP contribution in [0, 0.1) is 0 Å². The summed E-state index contributed by atoms with van der Waals surface area (Å²) in [5.74, 6) is -3.80. The fourth-order valence-corrected chi connectivity index (χ4v) is 0.410. The fourth-order valence-electron chi connectivity index (χ4n) is 0.410. The standard InChI is InChI=1S/C5H7NO5/c1-11-3(5(9)10)2(6)4(7)8/h6H2,1H3,(H,7,8)(H,9,10). The van der Waals surface area contributed by atoms with Gasteiger partial charge in [-0.1, -0.05) is 0 Å². The lowest BCUT2D eigenvalue weighted by Crippen LogP contribution is -2.18. The molecule has 0 aromatic rings. The molecule has 0 aliphatic rings. The molecule has 0 radical (unpaired) electrons. The third-order valence-corrected chi connectivity index (χ3v) is 0.873. The smallest absolute Gasteiger partial charge is 0.373 e. The Morgan fingerprint density at radius 2 is 1.73 bits per heavy atom. The Morgan fingerprint density at radius 3 is 1.82 bits per heavy atom. The maximum Gasteiger partial charge on any atom is 0.373 e. The highest BCUT2D eigenvalue weighted by atomic mass is 16.5. The van der Waals surface area contributed by atoms with Gasteiger partial charge in [-0.2, -0.15) is 0 Å². The number of hydrogen-bond acceptors (Lipinski definition) is 4. The first-order valence-electron chi connectivity index (χ1n) is 2.51. The molecular weight excluding hydrogens is 154 g/mol. The normalized spacial score (nSPS) is 11.7. The lowest BCUT2D eigenvalue weighted by Gasteiger charge is -2.01. The first-order valence-corrected chi connectivity index (χ1v) is 2.51. The van der Waals surface area contributed by atoms with Gasteiger partial charge in [0.25, 0.3) is 0 Å². The van der Waals surface area contributed by atoms with E-state index >= 15 is 0 Å². The van der Waals surface area contributed by atoms with Crippen molar-refractivity contribution in [2.45, 2.75) is 0 Å². The van der Waals surface area contributed by atoms with E-state index in [0.29, 0.717) is 0 Å². The fraction of sp³-hybridized carbons (Fsp3) is 0.200. The molecule has 4 N–H and O–H groups in total. The number of nitrogens with two attached hydrogens (primary N) is 1. The zero-order valence-corrected chi connectivity index (χ0v) is 5.70. The van der Waals surface area contributed by atoms with Crippen LogP contribution < -0.4 is 5.73 Å². The van der Waals surface area contributed by atoms with E-state index in [1.807, 2.05) is 0 Å². The van der Waals surface area contributed by atoms with Crippen molar-refractivity contribution in [3.05, 3.63) is 11.5 Å². The van der Waals surface area contributed by atoms with Crippen molar-refractivity contribution >= 4 is 11.9 Å². The van der Waals surface area contributed by atoms with Gasteiger partial charge in [0, 0.05) is 0 Å². The van der Waals surface area contributed by atoms with Crippen LogP contribution in [-0.4, -0.2) is 29.3 Å². The zero-order chi connectivity index (χ0) is 9.02. The Balaban J connectivity index is 4.83. The van der Waals surface area contributed by atoms with E-state index in [9.17, 15) is 9.59 Å². The molecule has 0 rings (SSSR count). The molecule has 0 aliphatic heterocycles. The molecule has 11 heavy (non-hydrogen) atoms. The van der Waals surface area contributed by atoms with Gasteiger partial charge in [-0.05, 0) is 0 Å². The van der Waals surface area contributed by atoms with E-state index in [0.717, 1.165) is 7.11 Å². The van der Waals surface area contributed by atoms with Crippen molar-refractivity contribution in [3.8, 4) is 0 Å². The summed E-state index contributed by atoms with van der Waals surface area (Å²) in [6.07, 6.45) is 0. The SMILES string of the molecule is COC(C(=O)O)=C(N)C(=O)O. The van der Waals surface area contributed by atoms with Crippen LogP contribution in [0.15, 0.2) is 11.5 Å². The van der Waals surface area contributed by atoms with Crippen LogP contribution in [0.5, 0.6) is 0 Å². The largest absolute Gasteiger partial charge is 0.488 e. The predicted molar refractivity (Wildman–Crippen MR) is 33.5 cm³/mol. The average molecular weight is 161 g/mol. The molecule has 62 valence electrons. The minimum absolute atomic E-state index is 0.766. The van der Waals surface area contributed by atoms with Crippen LogP contribution in [-0.2, 0) is 14.3 Å². The number of carboxylic acid groups (broad SMARTS) is 2. The van der Waals surface area contributed by atoms with Crippen molar-refractivity contribution in [2.75, 3.05) is 7.11 Å². The van der Waals surface area contributed by atoms with Crippen LogP contribution >= 0.6 is 0 Å². The summed E-state index contributed by atoms with van der Waals surface area (Å²) in [6, 6.07) is 0. The van der Waals surface area contributed by atoms with Gasteiger partial charge in [-0.15, -0.1) is 0 Å². The van der Waals surface area contributed by atoms with E-state index in [-0.39, 0.29) is 0 Å². The van der Waals surface area contributed by atoms with Crippen molar-refractivity contribution in [1.29, 1.82) is 0 Å². The Morgan fingerprint density at radius 1 is 1.27 bits per heavy atom. The van der Waals surface area contributed by atoms with E-state index in [1.54, 1.807) is 0 Å². The molecule has 6 heteroatoms. The van der Waals surface area contributed by atoms with Gasteiger partial charge in [0.15, 0.2) is 5.70 Å². The van der Waals surface area contributed by atoms with Gasteiger partial charge in [0.2, 0.25) is 5.76 Å². The number of methoxy groups -OCH3 is 1. The minimum atomic E-state index is -1.52. The second kappa shape index (κ2) is 3.45. The Kier molecular flexibility index (Phi) is 2.91. The summed E-state index contributed by atoms with van der Waals surface area (Å²) in [4.78, 5) is 20.2. The van der Waals surface area contributed by atoms with Gasteiger partial charge in [0.05, 0.1) is 7.11 Å². The van der Waals surface area contributed by atoms with Gasteiger partial charge in [-0.25, -0.2) is 9.59 Å². The highest BCUT2D eigenvalue weighted by molar-refractivity contribution is 5.96. The summed E-state index contributed by atoms with van der Waals surface area (Å²) in [7, 11) is 1.03. The topological polar surface area (TPSA) is 110 Å². The molecule has 0 atom stereocenters. The average Bonchev–Trinajstić information content (AvgIpc) is 1.88. The molecule has 0 heterocycles. The Labute approximate surface area is 61.9 Å². The van der Waals surface area contributed by atoms with Crippen LogP contribution in [0.1, 0.15) is 0 Å². The van der Waals surface area contributed by atoms with Gasteiger partial charge in [0.1, 0.15) is 0 Å². The summed E-state index contributed by atoms with van der Waals surface area (Å²) in [5, 5.41) is 16.5. The van der Waals surface area contributed by atoms with E-state index < -0.39 is 23.4 Å². The molecule has 0 unspecified atom stereocenters. The maximum atomic E-state index is 10.2. The number of carbonyl (C=O) groups is 2. The molecule has 0 saturated carbocycles. The Bertz CT molecular complexity index is 219. The lowest BCUT2D eigenvalue weighted by molar-refractivity contribution is -0.138. The van der Waals surface area contributed by atoms with Crippen LogP contribution in [0.25, 0.3) is 0 Å². The van der Waals surface area contributed by atoms with Crippen LogP contribution in [0.4, 0.5) is 0 Å². The van der Waals surface area contributed by atoms with Crippen LogP contribution in [0.3, 0.4) is 0 Å². The third-order valence-electron chi connectivity index (χ3n) is 0.873. The van der Waals surface area contributed by atoms with Gasteiger partial charge < -0.3 is 20.7 Å². The molecular formula is C5H7NO5. The van der Waals surface area contributed by atoms with Gasteiger partial charge in [-0.3, -0.25) is 0 Å². The van der Waals surface area contributed by atoms with Crippen molar-refractivity contribution in [2.24, 2.45) is 5.73 Å². The predicted octanol–water partition coefficient (Wildman–Crippen LogP) is -1.03. The third kappa shape index (κ3) is 2.17. The van der Waals surface area contributed by atoms with Crippen molar-refractivity contribution < 1.29 is 24.5 Å². The van der Waals surface area contributed by atoms with Crippen molar-refractivity contribution in [1.82, 2.24) is 0 Å². The molecule has 0 fully saturated rings. The summed E-state index contributed by atoms with van der Waals surface area (Å²) < 4.78 is 4.21. The number of ether oxygens (including phenoxy) is 1. The molecule has 0 spiro atoms. The first kappa shape index (κ1) is 9.28. The van der Waals surface area contributed by atoms with E-state index in [1.165, 1.54) is 0 Å². The second-order valence-electron chi connectivity index (χ2n) is 1.56. The van der Waals surface area contributed by atoms with Gasteiger partial charge >= 0.3 is 11.9 Å². The number of hydrogen-bond donors (Lipinski definition) is 3. The number of aliphatic carboxylic acids is 2. The molecule has 0 aromatic heterocycles. The molecule has 0 bridgehead atoms. The van der Waals surface area contributed by atoms with Crippen molar-refractivity contribution in [3.63, 3.8) is 0 Å². The monoisotopic (exact) mass is 161 g/mol. The maximum absolute atomic E-state index is 10.2. The molecule has 0 amide bonds. The first-order chi connectivity index (χ1) is 5.00. The lowest BCUT2D eigenvalue weighted by atomic mass is 10.4. The number of rotatable bonds is 3.